The van der Waals surface area contributed by atoms with Gasteiger partial charge < -0.3 is 15.7 Å². The fraction of sp³-hybridized carbons (Fsp3) is 0.667. The highest BCUT2D eigenvalue weighted by molar-refractivity contribution is 5.87. The summed E-state index contributed by atoms with van der Waals surface area (Å²) in [7, 11) is 0. The molecule has 2 aliphatic rings. The summed E-state index contributed by atoms with van der Waals surface area (Å²) < 4.78 is 25.9. The molecule has 0 unspecified atom stereocenters. The molecule has 0 aromatic carbocycles. The minimum absolute atomic E-state index is 0.00212. The summed E-state index contributed by atoms with van der Waals surface area (Å²) in [6.07, 6.45) is -4.05. The maximum Gasteiger partial charge on any atom is 0.476 e. The fourth-order valence-electron chi connectivity index (χ4n) is 2.21. The number of amides is 3. The molecule has 2 heterocycles. The van der Waals surface area contributed by atoms with Crippen LogP contribution in [0.25, 0.3) is 0 Å². The van der Waals surface area contributed by atoms with Gasteiger partial charge in [-0.15, -0.1) is 0 Å². The topological polar surface area (TPSA) is 113 Å². The Kier molecular flexibility index (Phi) is 3.04. The van der Waals surface area contributed by atoms with Crippen LogP contribution in [-0.2, 0) is 14.4 Å². The number of fused-ring (bicyclic) bond motifs is 2. The summed E-state index contributed by atoms with van der Waals surface area (Å²) in [4.78, 5) is 38.2. The Morgan fingerprint density at radius 3 is 2.58 bits per heavy atom. The van der Waals surface area contributed by atoms with E-state index < -0.39 is 36.1 Å². The van der Waals surface area contributed by atoms with Gasteiger partial charge in [0.15, 0.2) is 0 Å². The first-order chi connectivity index (χ1) is 8.74. The molecular formula is C9H11F2N3O5. The van der Waals surface area contributed by atoms with Gasteiger partial charge >= 0.3 is 18.1 Å². The SMILES string of the molecule is NC(=O)[C@@H]1CC[C@@H]2CN1C(=O)N2OC(F)(F)C(=O)O. The Balaban J connectivity index is 2.16. The second kappa shape index (κ2) is 4.30. The third-order valence-electron chi connectivity index (χ3n) is 3.11. The first kappa shape index (κ1) is 13.5. The molecule has 2 bridgehead atoms. The molecule has 0 saturated carbocycles. The van der Waals surface area contributed by atoms with Crippen molar-refractivity contribution in [1.29, 1.82) is 0 Å². The number of primary amides is 1. The number of nitrogens with two attached hydrogens (primary N) is 1. The number of nitrogens with zero attached hydrogens (tertiary/aromatic N) is 2. The number of hydroxylamine groups is 2. The van der Waals surface area contributed by atoms with Crippen LogP contribution in [0.1, 0.15) is 12.8 Å². The minimum Gasteiger partial charge on any atom is -0.475 e. The fourth-order valence-corrected chi connectivity index (χ4v) is 2.21. The third kappa shape index (κ3) is 2.18. The second-order valence-electron chi connectivity index (χ2n) is 4.32. The molecule has 0 spiro atoms. The smallest absolute Gasteiger partial charge is 0.475 e. The van der Waals surface area contributed by atoms with Crippen molar-refractivity contribution in [1.82, 2.24) is 9.96 Å². The molecule has 3 amide bonds. The van der Waals surface area contributed by atoms with E-state index in [1.54, 1.807) is 0 Å². The van der Waals surface area contributed by atoms with Gasteiger partial charge in [-0.25, -0.2) is 9.59 Å². The van der Waals surface area contributed by atoms with E-state index in [0.717, 1.165) is 4.90 Å². The lowest BCUT2D eigenvalue weighted by Crippen LogP contribution is -2.48. The lowest BCUT2D eigenvalue weighted by molar-refractivity contribution is -0.327. The number of carboxylic acids is 1. The van der Waals surface area contributed by atoms with Gasteiger partial charge in [0.05, 0.1) is 6.04 Å². The van der Waals surface area contributed by atoms with E-state index in [0.29, 0.717) is 5.06 Å². The van der Waals surface area contributed by atoms with Crippen LogP contribution in [0.2, 0.25) is 0 Å². The molecule has 0 aromatic heterocycles. The molecule has 10 heteroatoms. The van der Waals surface area contributed by atoms with Crippen molar-refractivity contribution in [2.75, 3.05) is 6.54 Å². The third-order valence-corrected chi connectivity index (χ3v) is 3.11. The van der Waals surface area contributed by atoms with Gasteiger partial charge in [0.1, 0.15) is 6.04 Å². The van der Waals surface area contributed by atoms with Crippen LogP contribution in [0.5, 0.6) is 0 Å². The highest BCUT2D eigenvalue weighted by atomic mass is 19.3. The Hall–Kier alpha value is -1.97. The van der Waals surface area contributed by atoms with Crippen LogP contribution in [0.4, 0.5) is 13.6 Å². The molecule has 0 aliphatic carbocycles. The number of piperidine rings is 1. The predicted molar refractivity (Wildman–Crippen MR) is 53.6 cm³/mol. The first-order valence-electron chi connectivity index (χ1n) is 5.43. The van der Waals surface area contributed by atoms with Gasteiger partial charge in [0.2, 0.25) is 5.91 Å². The molecule has 2 atom stereocenters. The van der Waals surface area contributed by atoms with Crippen molar-refractivity contribution in [3.8, 4) is 0 Å². The molecule has 0 aromatic rings. The molecule has 2 fully saturated rings. The number of urea groups is 1. The summed E-state index contributed by atoms with van der Waals surface area (Å²) >= 11 is 0. The summed E-state index contributed by atoms with van der Waals surface area (Å²) in [5.41, 5.74) is 5.10. The summed E-state index contributed by atoms with van der Waals surface area (Å²) in [6.45, 7) is 0.00212. The molecule has 2 rings (SSSR count). The number of hydrogen-bond donors (Lipinski definition) is 2. The quantitative estimate of drug-likeness (QED) is 0.710. The van der Waals surface area contributed by atoms with Crippen LogP contribution in [0.3, 0.4) is 0 Å². The number of carbonyl (C=O) groups excluding carboxylic acids is 2. The zero-order chi connectivity index (χ0) is 14.4. The van der Waals surface area contributed by atoms with Crippen molar-refractivity contribution in [2.24, 2.45) is 5.73 Å². The minimum atomic E-state index is -4.50. The van der Waals surface area contributed by atoms with Crippen LogP contribution >= 0.6 is 0 Å². The van der Waals surface area contributed by atoms with E-state index in [1.807, 2.05) is 0 Å². The average Bonchev–Trinajstić information content (AvgIpc) is 2.54. The maximum absolute atomic E-state index is 13.0. The number of carbonyl (C=O) groups is 3. The number of aliphatic carboxylic acids is 1. The largest absolute Gasteiger partial charge is 0.476 e. The van der Waals surface area contributed by atoms with E-state index in [2.05, 4.69) is 4.84 Å². The summed E-state index contributed by atoms with van der Waals surface area (Å²) in [5, 5.41) is 8.58. The summed E-state index contributed by atoms with van der Waals surface area (Å²) in [6, 6.07) is -2.57. The summed E-state index contributed by atoms with van der Waals surface area (Å²) in [5.74, 6) is -3.23. The molecule has 0 radical (unpaired) electrons. The molecule has 19 heavy (non-hydrogen) atoms. The van der Waals surface area contributed by atoms with Gasteiger partial charge in [-0.3, -0.25) is 4.79 Å². The second-order valence-corrected chi connectivity index (χ2v) is 4.32. The molecule has 8 nitrogen and oxygen atoms in total. The van der Waals surface area contributed by atoms with Gasteiger partial charge in [-0.2, -0.15) is 18.7 Å². The van der Waals surface area contributed by atoms with Gasteiger partial charge in [-0.1, -0.05) is 0 Å². The normalized spacial score (nSPS) is 26.7. The number of halogens is 2. The van der Waals surface area contributed by atoms with Crippen molar-refractivity contribution >= 4 is 17.9 Å². The Bertz CT molecular complexity index is 444. The molecule has 2 saturated heterocycles. The highest BCUT2D eigenvalue weighted by Gasteiger charge is 2.53. The van der Waals surface area contributed by atoms with E-state index in [1.165, 1.54) is 0 Å². The lowest BCUT2D eigenvalue weighted by atomic mass is 10.0. The molecule has 3 N–H and O–H groups in total. The number of rotatable bonds is 4. The zero-order valence-electron chi connectivity index (χ0n) is 9.58. The Morgan fingerprint density at radius 2 is 2.05 bits per heavy atom. The van der Waals surface area contributed by atoms with Crippen molar-refractivity contribution in [3.63, 3.8) is 0 Å². The van der Waals surface area contributed by atoms with Gasteiger partial charge in [0.25, 0.3) is 0 Å². The highest BCUT2D eigenvalue weighted by Crippen LogP contribution is 2.32. The van der Waals surface area contributed by atoms with Crippen LogP contribution < -0.4 is 5.73 Å². The standard InChI is InChI=1S/C9H11F2N3O5/c10-9(11,7(16)17)19-14-4-1-2-5(6(12)15)13(3-4)8(14)18/h4-5H,1-3H2,(H2,12,15)(H,16,17)/t4-,5+/m1/s1. The van der Waals surface area contributed by atoms with Crippen LogP contribution in [0.15, 0.2) is 0 Å². The number of carboxylic acid groups (broad SMARTS) is 1. The van der Waals surface area contributed by atoms with Crippen molar-refractivity contribution in [3.05, 3.63) is 0 Å². The van der Waals surface area contributed by atoms with Gasteiger partial charge in [0, 0.05) is 6.54 Å². The van der Waals surface area contributed by atoms with E-state index in [9.17, 15) is 23.2 Å². The molecule has 2 aliphatic heterocycles. The van der Waals surface area contributed by atoms with Crippen LogP contribution in [-0.4, -0.2) is 57.7 Å². The zero-order valence-corrected chi connectivity index (χ0v) is 9.58. The lowest BCUT2D eigenvalue weighted by Gasteiger charge is -2.27. The average molecular weight is 279 g/mol. The van der Waals surface area contributed by atoms with E-state index in [-0.39, 0.29) is 19.4 Å². The van der Waals surface area contributed by atoms with Gasteiger partial charge in [-0.05, 0) is 12.8 Å². The maximum atomic E-state index is 13.0. The Morgan fingerprint density at radius 1 is 1.42 bits per heavy atom. The number of alkyl halides is 2. The molecule has 106 valence electrons. The predicted octanol–water partition coefficient (Wildman–Crippen LogP) is -0.651. The molecular weight excluding hydrogens is 268 g/mol. The van der Waals surface area contributed by atoms with Crippen LogP contribution in [0, 0.1) is 0 Å². The number of hydrogen-bond acceptors (Lipinski definition) is 4. The van der Waals surface area contributed by atoms with E-state index >= 15 is 0 Å². The van der Waals surface area contributed by atoms with E-state index in [4.69, 9.17) is 10.8 Å². The van der Waals surface area contributed by atoms with Crippen molar-refractivity contribution < 1.29 is 33.1 Å². The van der Waals surface area contributed by atoms with Crippen molar-refractivity contribution in [2.45, 2.75) is 31.0 Å². The first-order valence-corrected chi connectivity index (χ1v) is 5.43. The Labute approximate surface area is 105 Å². The monoisotopic (exact) mass is 279 g/mol.